The number of benzene rings is 4. The lowest BCUT2D eigenvalue weighted by Crippen LogP contribution is -2.49. The van der Waals surface area contributed by atoms with Gasteiger partial charge in [-0.25, -0.2) is 31.1 Å². The molecular formula is C39H44IN7O11S2. The van der Waals surface area contributed by atoms with Gasteiger partial charge in [0.25, 0.3) is 0 Å². The van der Waals surface area contributed by atoms with Crippen LogP contribution in [0.15, 0.2) is 94.7 Å². The molecule has 320 valence electrons. The van der Waals surface area contributed by atoms with E-state index in [0.717, 1.165) is 15.9 Å². The summed E-state index contributed by atoms with van der Waals surface area (Å²) in [5, 5.41) is 24.9. The molecule has 0 aliphatic rings. The summed E-state index contributed by atoms with van der Waals surface area (Å²) < 4.78 is 84.1. The molecule has 0 fully saturated rings. The molecule has 1 aromatic heterocycles. The van der Waals surface area contributed by atoms with Crippen LogP contribution in [0, 0.1) is 3.57 Å². The second-order valence-corrected chi connectivity index (χ2v) is 18.9. The van der Waals surface area contributed by atoms with Crippen molar-refractivity contribution >= 4 is 54.7 Å². The van der Waals surface area contributed by atoms with Gasteiger partial charge in [0.05, 0.1) is 33.4 Å². The van der Waals surface area contributed by atoms with Crippen LogP contribution in [0.4, 0.5) is 4.79 Å². The Morgan fingerprint density at radius 1 is 0.800 bits per heavy atom. The van der Waals surface area contributed by atoms with Crippen molar-refractivity contribution in [1.82, 2.24) is 34.6 Å². The highest BCUT2D eigenvalue weighted by Gasteiger charge is 2.38. The lowest BCUT2D eigenvalue weighted by atomic mass is 10.2. The monoisotopic (exact) mass is 977 g/mol. The topological polar surface area (TPSA) is 230 Å². The average Bonchev–Trinajstić information content (AvgIpc) is 3.66. The van der Waals surface area contributed by atoms with E-state index < -0.39 is 60.1 Å². The Morgan fingerprint density at radius 3 is 1.77 bits per heavy atom. The Bertz CT molecular complexity index is 2460. The Kier molecular flexibility index (Phi) is 14.7. The number of aliphatic carboxylic acids is 1. The molecule has 1 heterocycles. The lowest BCUT2D eigenvalue weighted by molar-refractivity contribution is -0.139. The molecule has 4 aromatic carbocycles. The number of nitrogens with zero attached hydrogens (tertiary/aromatic N) is 5. The molecule has 5 rings (SSSR count). The van der Waals surface area contributed by atoms with Gasteiger partial charge in [-0.15, -0.1) is 10.2 Å². The molecule has 0 aliphatic heterocycles. The summed E-state index contributed by atoms with van der Waals surface area (Å²) in [7, 11) is -5.26. The zero-order valence-corrected chi connectivity index (χ0v) is 37.2. The van der Waals surface area contributed by atoms with Gasteiger partial charge in [-0.1, -0.05) is 36.4 Å². The normalized spacial score (nSPS) is 12.5. The van der Waals surface area contributed by atoms with Crippen LogP contribution < -0.4 is 24.2 Å². The highest BCUT2D eigenvalue weighted by Crippen LogP contribution is 2.38. The zero-order valence-electron chi connectivity index (χ0n) is 33.4. The fraction of sp³-hybridized carbons (Fsp3) is 0.308. The van der Waals surface area contributed by atoms with E-state index >= 15 is 8.42 Å². The third kappa shape index (κ3) is 11.7. The Labute approximate surface area is 361 Å². The molecule has 21 heteroatoms. The van der Waals surface area contributed by atoms with Crippen molar-refractivity contribution in [1.29, 1.82) is 0 Å². The average molecular weight is 978 g/mol. The van der Waals surface area contributed by atoms with Crippen LogP contribution in [0.3, 0.4) is 0 Å². The number of nitrogens with one attached hydrogen (secondary N) is 2. The number of sulfonamides is 2. The molecule has 5 aromatic rings. The van der Waals surface area contributed by atoms with Crippen molar-refractivity contribution < 1.29 is 50.5 Å². The van der Waals surface area contributed by atoms with Crippen molar-refractivity contribution in [3.63, 3.8) is 0 Å². The largest absolute Gasteiger partial charge is 0.497 e. The first-order chi connectivity index (χ1) is 28.3. The van der Waals surface area contributed by atoms with E-state index in [-0.39, 0.29) is 34.6 Å². The number of aromatic nitrogens is 4. The minimum absolute atomic E-state index is 0.123. The van der Waals surface area contributed by atoms with E-state index in [2.05, 4.69) is 25.4 Å². The van der Waals surface area contributed by atoms with E-state index in [0.29, 0.717) is 28.4 Å². The number of hydrogen-bond acceptors (Lipinski definition) is 13. The molecule has 0 bridgehead atoms. The van der Waals surface area contributed by atoms with Gasteiger partial charge in [0, 0.05) is 23.2 Å². The van der Waals surface area contributed by atoms with Crippen LogP contribution in [0.2, 0.25) is 0 Å². The Balaban J connectivity index is 1.66. The predicted molar refractivity (Wildman–Crippen MR) is 226 cm³/mol. The molecule has 0 saturated carbocycles. The Hall–Kier alpha value is -5.36. The number of carbonyl (C=O) groups is 2. The van der Waals surface area contributed by atoms with Crippen LogP contribution in [-0.2, 0) is 49.2 Å². The first kappa shape index (κ1) is 45.7. The maximum Gasteiger partial charge on any atom is 0.408 e. The fourth-order valence-electron chi connectivity index (χ4n) is 5.66. The highest BCUT2D eigenvalue weighted by molar-refractivity contribution is 14.1. The second kappa shape index (κ2) is 19.4. The number of carboxylic acid groups (broad SMARTS) is 1. The minimum Gasteiger partial charge on any atom is -0.497 e. The van der Waals surface area contributed by atoms with Gasteiger partial charge in [0.1, 0.15) is 38.7 Å². The first-order valence-electron chi connectivity index (χ1n) is 18.0. The molecule has 0 radical (unpaired) electrons. The molecule has 0 unspecified atom stereocenters. The van der Waals surface area contributed by atoms with E-state index in [4.69, 9.17) is 18.9 Å². The number of carboxylic acids is 1. The molecular weight excluding hydrogens is 934 g/mol. The minimum atomic E-state index is -4.91. The summed E-state index contributed by atoms with van der Waals surface area (Å²) in [5.74, 6) is -0.0827. The number of hydrogen-bond donors (Lipinski definition) is 3. The van der Waals surface area contributed by atoms with E-state index in [1.807, 2.05) is 22.6 Å². The van der Waals surface area contributed by atoms with Crippen LogP contribution in [-0.4, -0.2) is 98.0 Å². The number of tetrazole rings is 1. The number of carbonyl (C=O) groups excluding carboxylic acids is 1. The van der Waals surface area contributed by atoms with E-state index in [1.165, 1.54) is 32.2 Å². The standard InChI is InChI=1S/C39H44IN7O11S2/c1-39(2,3)58-38(50)42-32(37(48)49)21-41-59(51,52)33-20-19-31(40)34(36-43-45-47(44-36)24-27-11-17-30(57-6)18-12-27)35(33)60(53,54)46(22-25-7-13-28(55-4)14-8-25)23-26-9-15-29(56-5)16-10-26/h7-20,32,41H,21-24H2,1-6H3,(H,42,50)(H,48,49)/t32-/m1/s1. The molecule has 60 heavy (non-hydrogen) atoms. The van der Waals surface area contributed by atoms with Crippen molar-refractivity contribution in [2.75, 3.05) is 27.9 Å². The summed E-state index contributed by atoms with van der Waals surface area (Å²) >= 11 is 1.87. The van der Waals surface area contributed by atoms with Crippen molar-refractivity contribution in [2.45, 2.75) is 61.8 Å². The van der Waals surface area contributed by atoms with Crippen LogP contribution in [0.25, 0.3) is 11.4 Å². The summed E-state index contributed by atoms with van der Waals surface area (Å²) in [5.41, 5.74) is 0.700. The number of alkyl carbamates (subject to hydrolysis) is 1. The van der Waals surface area contributed by atoms with Crippen LogP contribution in [0.1, 0.15) is 37.5 Å². The molecule has 1 amide bonds. The summed E-state index contributed by atoms with van der Waals surface area (Å²) in [4.78, 5) is 24.5. The fourth-order valence-corrected chi connectivity index (χ4v) is 10.00. The molecule has 0 saturated heterocycles. The smallest absolute Gasteiger partial charge is 0.408 e. The van der Waals surface area contributed by atoms with Crippen molar-refractivity contribution in [2.24, 2.45) is 0 Å². The number of amides is 1. The molecule has 0 aliphatic carbocycles. The van der Waals surface area contributed by atoms with Gasteiger partial charge >= 0.3 is 12.1 Å². The maximum atomic E-state index is 15.4. The SMILES string of the molecule is COc1ccc(CN(Cc2ccc(OC)cc2)S(=O)(=O)c2c(S(=O)(=O)NC[C@@H](NC(=O)OC(C)(C)C)C(=O)O)ccc(I)c2-c2nnn(Cc3ccc(OC)cc3)n2)cc1. The number of rotatable bonds is 18. The van der Waals surface area contributed by atoms with Gasteiger partial charge in [0.15, 0.2) is 0 Å². The highest BCUT2D eigenvalue weighted by atomic mass is 127. The quantitative estimate of drug-likeness (QED) is 0.101. The van der Waals surface area contributed by atoms with Crippen molar-refractivity contribution in [3.05, 3.63) is 105 Å². The molecule has 1 atom stereocenters. The summed E-state index contributed by atoms with van der Waals surface area (Å²) in [6.45, 7) is 3.50. The Morgan fingerprint density at radius 2 is 1.30 bits per heavy atom. The van der Waals surface area contributed by atoms with Crippen LogP contribution in [0.5, 0.6) is 17.2 Å². The van der Waals surface area contributed by atoms with Gasteiger partial charge < -0.3 is 29.4 Å². The van der Waals surface area contributed by atoms with Gasteiger partial charge in [-0.3, -0.25) is 0 Å². The second-order valence-electron chi connectivity index (χ2n) is 14.1. The van der Waals surface area contributed by atoms with Crippen LogP contribution >= 0.6 is 22.6 Å². The predicted octanol–water partition coefficient (Wildman–Crippen LogP) is 4.67. The molecule has 3 N–H and O–H groups in total. The number of halogens is 1. The third-order valence-electron chi connectivity index (χ3n) is 8.62. The molecule has 0 spiro atoms. The summed E-state index contributed by atoms with van der Waals surface area (Å²) in [6, 6.07) is 21.1. The van der Waals surface area contributed by atoms with E-state index in [1.54, 1.807) is 93.6 Å². The first-order valence-corrected chi connectivity index (χ1v) is 22.1. The summed E-state index contributed by atoms with van der Waals surface area (Å²) in [6.07, 6.45) is -1.11. The third-order valence-corrected chi connectivity index (χ3v) is 13.0. The van der Waals surface area contributed by atoms with Gasteiger partial charge in [-0.05, 0) is 114 Å². The van der Waals surface area contributed by atoms with Gasteiger partial charge in [-0.2, -0.15) is 9.10 Å². The molecule has 18 nitrogen and oxygen atoms in total. The van der Waals surface area contributed by atoms with Gasteiger partial charge in [0.2, 0.25) is 25.9 Å². The number of ether oxygens (including phenoxy) is 4. The number of methoxy groups -OCH3 is 3. The maximum absolute atomic E-state index is 15.4. The zero-order chi connectivity index (χ0) is 43.8. The van der Waals surface area contributed by atoms with E-state index in [9.17, 15) is 23.1 Å². The lowest BCUT2D eigenvalue weighted by Gasteiger charge is -2.26. The van der Waals surface area contributed by atoms with Crippen molar-refractivity contribution in [3.8, 4) is 28.6 Å².